The Morgan fingerprint density at radius 1 is 1.12 bits per heavy atom. The molecule has 1 unspecified atom stereocenters. The molecule has 0 aliphatic rings. The van der Waals surface area contributed by atoms with Gasteiger partial charge >= 0.3 is 5.97 Å². The van der Waals surface area contributed by atoms with Gasteiger partial charge in [0.1, 0.15) is 5.15 Å². The van der Waals surface area contributed by atoms with Crippen molar-refractivity contribution < 1.29 is 14.3 Å². The average molecular weight is 347 g/mol. The molecule has 6 heteroatoms. The molecule has 1 heterocycles. The molecule has 0 saturated heterocycles. The molecule has 0 spiro atoms. The number of nitrogens with zero attached hydrogens (tertiary/aromatic N) is 1. The van der Waals surface area contributed by atoms with E-state index in [9.17, 15) is 9.59 Å². The lowest BCUT2D eigenvalue weighted by molar-refractivity contribution is -0.123. The highest BCUT2D eigenvalue weighted by Crippen LogP contribution is 2.18. The fourth-order valence-corrected chi connectivity index (χ4v) is 2.21. The molecule has 0 fully saturated rings. The Morgan fingerprint density at radius 2 is 1.79 bits per heavy atom. The maximum Gasteiger partial charge on any atom is 0.342 e. The molecule has 1 amide bonds. The lowest BCUT2D eigenvalue weighted by atomic mass is 10.0. The quantitative estimate of drug-likeness (QED) is 0.655. The van der Waals surface area contributed by atoms with E-state index in [1.165, 1.54) is 24.8 Å². The van der Waals surface area contributed by atoms with E-state index in [2.05, 4.69) is 24.1 Å². The molecule has 0 bridgehead atoms. The first-order chi connectivity index (χ1) is 11.4. The Morgan fingerprint density at radius 3 is 2.38 bits per heavy atom. The van der Waals surface area contributed by atoms with Crippen LogP contribution in [0.4, 0.5) is 5.69 Å². The maximum atomic E-state index is 12.1. The number of anilines is 1. The highest BCUT2D eigenvalue weighted by atomic mass is 35.5. The number of esters is 1. The minimum absolute atomic E-state index is 0.0411. The predicted molar refractivity (Wildman–Crippen MR) is 93.3 cm³/mol. The highest BCUT2D eigenvalue weighted by Gasteiger charge is 2.21. The summed E-state index contributed by atoms with van der Waals surface area (Å²) in [4.78, 5) is 28.0. The van der Waals surface area contributed by atoms with Crippen LogP contribution in [0.2, 0.25) is 5.15 Å². The topological polar surface area (TPSA) is 68.3 Å². The van der Waals surface area contributed by atoms with Gasteiger partial charge in [-0.2, -0.15) is 0 Å². The minimum atomic E-state index is -0.960. The number of rotatable bonds is 5. The Bertz CT molecular complexity index is 729. The van der Waals surface area contributed by atoms with Gasteiger partial charge in [0.25, 0.3) is 5.91 Å². The van der Waals surface area contributed by atoms with Gasteiger partial charge in [-0.05, 0) is 42.7 Å². The van der Waals surface area contributed by atoms with Gasteiger partial charge in [0.05, 0.1) is 5.56 Å². The number of pyridine rings is 1. The molecular formula is C18H19ClN2O3. The third kappa shape index (κ3) is 4.55. The van der Waals surface area contributed by atoms with Crippen molar-refractivity contribution in [1.29, 1.82) is 0 Å². The van der Waals surface area contributed by atoms with Crippen molar-refractivity contribution in [3.05, 3.63) is 58.9 Å². The lowest BCUT2D eigenvalue weighted by Crippen LogP contribution is -2.30. The van der Waals surface area contributed by atoms with E-state index >= 15 is 0 Å². The summed E-state index contributed by atoms with van der Waals surface area (Å²) in [5, 5.41) is 2.76. The Hall–Kier alpha value is -2.40. The second-order valence-electron chi connectivity index (χ2n) is 5.66. The number of aromatic nitrogens is 1. The number of carbonyl (C=O) groups is 2. The number of halogens is 1. The van der Waals surface area contributed by atoms with Crippen LogP contribution >= 0.6 is 11.6 Å². The monoisotopic (exact) mass is 346 g/mol. The van der Waals surface area contributed by atoms with E-state index in [1.54, 1.807) is 6.07 Å². The normalized spacial score (nSPS) is 11.9. The molecule has 1 aromatic carbocycles. The average Bonchev–Trinajstić information content (AvgIpc) is 2.55. The van der Waals surface area contributed by atoms with Crippen LogP contribution in [0.3, 0.4) is 0 Å². The first-order valence-corrected chi connectivity index (χ1v) is 7.98. The van der Waals surface area contributed by atoms with Gasteiger partial charge in [-0.1, -0.05) is 37.6 Å². The van der Waals surface area contributed by atoms with Crippen molar-refractivity contribution in [3.63, 3.8) is 0 Å². The van der Waals surface area contributed by atoms with Crippen LogP contribution in [0.15, 0.2) is 42.6 Å². The van der Waals surface area contributed by atoms with E-state index in [4.69, 9.17) is 16.3 Å². The number of benzene rings is 1. The summed E-state index contributed by atoms with van der Waals surface area (Å²) >= 11 is 5.84. The second kappa shape index (κ2) is 7.93. The molecule has 24 heavy (non-hydrogen) atoms. The fourth-order valence-electron chi connectivity index (χ4n) is 2.01. The zero-order valence-corrected chi connectivity index (χ0v) is 14.5. The number of carbonyl (C=O) groups excluding carboxylic acids is 2. The van der Waals surface area contributed by atoms with Gasteiger partial charge in [-0.25, -0.2) is 9.78 Å². The smallest absolute Gasteiger partial charge is 0.342 e. The van der Waals surface area contributed by atoms with Gasteiger partial charge in [0.2, 0.25) is 0 Å². The summed E-state index contributed by atoms with van der Waals surface area (Å²) in [5.74, 6) is -0.689. The summed E-state index contributed by atoms with van der Waals surface area (Å²) in [7, 11) is 0. The number of hydrogen-bond acceptors (Lipinski definition) is 4. The van der Waals surface area contributed by atoms with Crippen LogP contribution in [-0.2, 0) is 9.53 Å². The maximum absolute atomic E-state index is 12.1. The zero-order chi connectivity index (χ0) is 17.7. The van der Waals surface area contributed by atoms with E-state index in [1.807, 2.05) is 24.3 Å². The standard InChI is InChI=1S/C18H19ClN2O3/c1-11(2)13-6-8-14(9-7-13)21-17(22)12(3)24-18(23)15-5-4-10-20-16(15)19/h4-12H,1-3H3,(H,21,22). The molecule has 2 rings (SSSR count). The fraction of sp³-hybridized carbons (Fsp3) is 0.278. The van der Waals surface area contributed by atoms with Gasteiger partial charge in [0, 0.05) is 11.9 Å². The molecule has 2 aromatic rings. The summed E-state index contributed by atoms with van der Waals surface area (Å²) in [6.07, 6.45) is 0.509. The molecule has 0 radical (unpaired) electrons. The number of hydrogen-bond donors (Lipinski definition) is 1. The van der Waals surface area contributed by atoms with Gasteiger partial charge < -0.3 is 10.1 Å². The summed E-state index contributed by atoms with van der Waals surface area (Å²) in [6, 6.07) is 10.6. The van der Waals surface area contributed by atoms with Gasteiger partial charge in [-0.3, -0.25) is 4.79 Å². The Balaban J connectivity index is 1.97. The molecule has 126 valence electrons. The van der Waals surface area contributed by atoms with Crippen LogP contribution in [0.5, 0.6) is 0 Å². The van der Waals surface area contributed by atoms with Crippen LogP contribution in [0.25, 0.3) is 0 Å². The third-order valence-corrected chi connectivity index (χ3v) is 3.78. The van der Waals surface area contributed by atoms with Gasteiger partial charge in [0.15, 0.2) is 6.10 Å². The third-order valence-electron chi connectivity index (χ3n) is 3.48. The van der Waals surface area contributed by atoms with E-state index in [0.717, 1.165) is 0 Å². The molecular weight excluding hydrogens is 328 g/mol. The van der Waals surface area contributed by atoms with E-state index in [-0.39, 0.29) is 10.7 Å². The zero-order valence-electron chi connectivity index (χ0n) is 13.7. The van der Waals surface area contributed by atoms with Crippen molar-refractivity contribution in [2.75, 3.05) is 5.32 Å². The first kappa shape index (κ1) is 17.9. The van der Waals surface area contributed by atoms with Crippen LogP contribution < -0.4 is 5.32 Å². The molecule has 0 aliphatic carbocycles. The van der Waals surface area contributed by atoms with Crippen LogP contribution in [-0.4, -0.2) is 23.0 Å². The number of nitrogens with one attached hydrogen (secondary N) is 1. The Labute approximate surface area is 146 Å². The van der Waals surface area contributed by atoms with Crippen molar-refractivity contribution >= 4 is 29.2 Å². The Kier molecular flexibility index (Phi) is 5.93. The molecule has 1 N–H and O–H groups in total. The van der Waals surface area contributed by atoms with Crippen LogP contribution in [0.1, 0.15) is 42.6 Å². The molecule has 1 atom stereocenters. The SMILES string of the molecule is CC(OC(=O)c1cccnc1Cl)C(=O)Nc1ccc(C(C)C)cc1. The molecule has 0 saturated carbocycles. The largest absolute Gasteiger partial charge is 0.449 e. The predicted octanol–water partition coefficient (Wildman–Crippen LogP) is 4.04. The van der Waals surface area contributed by atoms with E-state index in [0.29, 0.717) is 11.6 Å². The van der Waals surface area contributed by atoms with Crippen molar-refractivity contribution in [3.8, 4) is 0 Å². The lowest BCUT2D eigenvalue weighted by Gasteiger charge is -2.14. The summed E-state index contributed by atoms with van der Waals surface area (Å²) in [6.45, 7) is 5.69. The van der Waals surface area contributed by atoms with Crippen LogP contribution in [0, 0.1) is 0 Å². The van der Waals surface area contributed by atoms with Gasteiger partial charge in [-0.15, -0.1) is 0 Å². The summed E-state index contributed by atoms with van der Waals surface area (Å²) in [5.41, 5.74) is 1.95. The molecule has 1 aromatic heterocycles. The molecule has 5 nitrogen and oxygen atoms in total. The molecule has 0 aliphatic heterocycles. The van der Waals surface area contributed by atoms with Crippen molar-refractivity contribution in [2.24, 2.45) is 0 Å². The van der Waals surface area contributed by atoms with Crippen molar-refractivity contribution in [1.82, 2.24) is 4.98 Å². The summed E-state index contributed by atoms with van der Waals surface area (Å²) < 4.78 is 5.14. The number of amides is 1. The van der Waals surface area contributed by atoms with Crippen molar-refractivity contribution in [2.45, 2.75) is 32.8 Å². The number of ether oxygens (including phenoxy) is 1. The first-order valence-electron chi connectivity index (χ1n) is 7.60. The highest BCUT2D eigenvalue weighted by molar-refractivity contribution is 6.32. The van der Waals surface area contributed by atoms with E-state index < -0.39 is 18.0 Å². The minimum Gasteiger partial charge on any atom is -0.449 e. The second-order valence-corrected chi connectivity index (χ2v) is 6.01.